The van der Waals surface area contributed by atoms with Crippen molar-refractivity contribution >= 4 is 17.2 Å². The number of imidazole rings is 1. The van der Waals surface area contributed by atoms with Gasteiger partial charge in [-0.1, -0.05) is 18.2 Å². The summed E-state index contributed by atoms with van der Waals surface area (Å²) in [5, 5.41) is 2.45. The van der Waals surface area contributed by atoms with Crippen LogP contribution >= 0.6 is 0 Å². The molecule has 8 heteroatoms. The Labute approximate surface area is 163 Å². The summed E-state index contributed by atoms with van der Waals surface area (Å²) >= 11 is 0. The van der Waals surface area contributed by atoms with Crippen molar-refractivity contribution in [2.45, 2.75) is 0 Å². The monoisotopic (exact) mass is 397 g/mol. The molecule has 5 nitrogen and oxygen atoms in total. The van der Waals surface area contributed by atoms with Crippen LogP contribution in [-0.4, -0.2) is 22.4 Å². The minimum atomic E-state index is -1.49. The number of fused-ring (bicyclic) bond motifs is 1. The number of amides is 1. The van der Waals surface area contributed by atoms with Crippen molar-refractivity contribution in [1.82, 2.24) is 9.38 Å². The number of pyridine rings is 1. The normalized spacial score (nSPS) is 10.9. The zero-order valence-electron chi connectivity index (χ0n) is 15.1. The number of aromatic nitrogens is 2. The molecule has 0 fully saturated rings. The third kappa shape index (κ3) is 3.40. The van der Waals surface area contributed by atoms with Crippen LogP contribution in [0.2, 0.25) is 0 Å². The van der Waals surface area contributed by atoms with Gasteiger partial charge in [0.15, 0.2) is 17.4 Å². The number of benzene rings is 2. The second-order valence-corrected chi connectivity index (χ2v) is 6.19. The van der Waals surface area contributed by atoms with Crippen LogP contribution in [0.3, 0.4) is 0 Å². The van der Waals surface area contributed by atoms with Crippen LogP contribution in [0, 0.1) is 17.5 Å². The predicted molar refractivity (Wildman–Crippen MR) is 101 cm³/mol. The van der Waals surface area contributed by atoms with Crippen LogP contribution in [0.4, 0.5) is 18.9 Å². The van der Waals surface area contributed by atoms with Gasteiger partial charge in [0.25, 0.3) is 5.91 Å². The van der Waals surface area contributed by atoms with Gasteiger partial charge in [0.05, 0.1) is 18.4 Å². The first-order valence-corrected chi connectivity index (χ1v) is 8.55. The summed E-state index contributed by atoms with van der Waals surface area (Å²) in [6.45, 7) is 0. The first-order valence-electron chi connectivity index (χ1n) is 8.55. The molecule has 0 aliphatic heterocycles. The number of nitrogens with one attached hydrogen (secondary N) is 1. The summed E-state index contributed by atoms with van der Waals surface area (Å²) in [4.78, 5) is 16.8. The molecule has 0 saturated carbocycles. The first-order chi connectivity index (χ1) is 14.0. The number of carbonyl (C=O) groups excluding carboxylic acids is 1. The van der Waals surface area contributed by atoms with Crippen LogP contribution < -0.4 is 10.1 Å². The van der Waals surface area contributed by atoms with Gasteiger partial charge in [0.1, 0.15) is 5.65 Å². The van der Waals surface area contributed by atoms with Gasteiger partial charge in [-0.2, -0.15) is 4.39 Å². The van der Waals surface area contributed by atoms with E-state index in [2.05, 4.69) is 15.0 Å². The molecule has 29 heavy (non-hydrogen) atoms. The Morgan fingerprint density at radius 1 is 1.07 bits per heavy atom. The van der Waals surface area contributed by atoms with Crippen LogP contribution in [0.1, 0.15) is 10.4 Å². The van der Waals surface area contributed by atoms with Crippen molar-refractivity contribution in [1.29, 1.82) is 0 Å². The van der Waals surface area contributed by atoms with E-state index in [1.54, 1.807) is 24.3 Å². The quantitative estimate of drug-likeness (QED) is 0.509. The van der Waals surface area contributed by atoms with Crippen molar-refractivity contribution < 1.29 is 22.7 Å². The number of halogens is 3. The van der Waals surface area contributed by atoms with Crippen molar-refractivity contribution in [3.8, 4) is 17.0 Å². The van der Waals surface area contributed by atoms with E-state index in [0.29, 0.717) is 11.8 Å². The van der Waals surface area contributed by atoms with E-state index >= 15 is 0 Å². The number of hydrogen-bond donors (Lipinski definition) is 1. The molecule has 0 aliphatic rings. The van der Waals surface area contributed by atoms with Crippen molar-refractivity contribution in [3.63, 3.8) is 0 Å². The molecule has 0 atom stereocenters. The van der Waals surface area contributed by atoms with Crippen LogP contribution in [0.25, 0.3) is 16.9 Å². The van der Waals surface area contributed by atoms with E-state index in [0.717, 1.165) is 24.0 Å². The molecule has 2 aromatic heterocycles. The highest BCUT2D eigenvalue weighted by molar-refractivity contribution is 6.04. The van der Waals surface area contributed by atoms with E-state index in [9.17, 15) is 18.0 Å². The molecular formula is C21H14F3N3O2. The number of anilines is 1. The summed E-state index contributed by atoms with van der Waals surface area (Å²) in [5.74, 6) is -6.02. The molecular weight excluding hydrogens is 383 g/mol. The molecule has 0 saturated heterocycles. The first kappa shape index (κ1) is 18.5. The molecule has 0 spiro atoms. The Morgan fingerprint density at radius 2 is 1.83 bits per heavy atom. The summed E-state index contributed by atoms with van der Waals surface area (Å²) in [7, 11) is 0.987. The Kier molecular flexibility index (Phi) is 4.67. The fourth-order valence-corrected chi connectivity index (χ4v) is 2.92. The lowest BCUT2D eigenvalue weighted by atomic mass is 10.1. The van der Waals surface area contributed by atoms with Gasteiger partial charge in [-0.05, 0) is 30.3 Å². The Hall–Kier alpha value is -3.81. The maximum absolute atomic E-state index is 14.3. The highest BCUT2D eigenvalue weighted by Crippen LogP contribution is 2.28. The van der Waals surface area contributed by atoms with E-state index < -0.39 is 34.7 Å². The minimum Gasteiger partial charge on any atom is -0.491 e. The predicted octanol–water partition coefficient (Wildman–Crippen LogP) is 4.68. The second kappa shape index (κ2) is 7.31. The summed E-state index contributed by atoms with van der Waals surface area (Å²) < 4.78 is 47.8. The standard InChI is InChI=1S/C21H14F3N3O2/c1-29-20-18(23)14(10-15(22)19(20)24)21(28)25-13-7-5-12(6-8-13)16-11-27-9-3-2-4-17(27)26-16/h2-11H,1H3,(H,25,28). The summed E-state index contributed by atoms with van der Waals surface area (Å²) in [6, 6.07) is 12.8. The lowest BCUT2D eigenvalue weighted by Crippen LogP contribution is -2.15. The van der Waals surface area contributed by atoms with Crippen molar-refractivity contribution in [3.05, 3.63) is 83.9 Å². The average Bonchev–Trinajstić information content (AvgIpc) is 3.16. The largest absolute Gasteiger partial charge is 0.491 e. The van der Waals surface area contributed by atoms with Crippen LogP contribution in [-0.2, 0) is 0 Å². The molecule has 2 aromatic carbocycles. The molecule has 146 valence electrons. The highest BCUT2D eigenvalue weighted by atomic mass is 19.2. The molecule has 1 N–H and O–H groups in total. The van der Waals surface area contributed by atoms with E-state index in [1.807, 2.05) is 35.0 Å². The van der Waals surface area contributed by atoms with Gasteiger partial charge in [0.2, 0.25) is 5.82 Å². The number of carbonyl (C=O) groups is 1. The topological polar surface area (TPSA) is 55.6 Å². The SMILES string of the molecule is COc1c(F)c(F)cc(C(=O)Nc2ccc(-c3cn4ccccc4n3)cc2)c1F. The van der Waals surface area contributed by atoms with E-state index in [4.69, 9.17) is 0 Å². The Morgan fingerprint density at radius 3 is 2.52 bits per heavy atom. The number of rotatable bonds is 4. The maximum atomic E-state index is 14.3. The molecule has 1 amide bonds. The minimum absolute atomic E-state index is 0.352. The van der Waals surface area contributed by atoms with Crippen molar-refractivity contribution in [2.24, 2.45) is 0 Å². The van der Waals surface area contributed by atoms with Crippen molar-refractivity contribution in [2.75, 3.05) is 12.4 Å². The highest BCUT2D eigenvalue weighted by Gasteiger charge is 2.23. The molecule has 0 aliphatic carbocycles. The smallest absolute Gasteiger partial charge is 0.258 e. The lowest BCUT2D eigenvalue weighted by Gasteiger charge is -2.10. The second-order valence-electron chi connectivity index (χ2n) is 6.19. The average molecular weight is 397 g/mol. The summed E-state index contributed by atoms with van der Waals surface area (Å²) in [5.41, 5.74) is 2.04. The van der Waals surface area contributed by atoms with Gasteiger partial charge >= 0.3 is 0 Å². The Bertz CT molecular complexity index is 1190. The Balaban J connectivity index is 1.57. The zero-order valence-corrected chi connectivity index (χ0v) is 15.1. The third-order valence-electron chi connectivity index (χ3n) is 4.37. The third-order valence-corrected chi connectivity index (χ3v) is 4.37. The molecule has 0 unspecified atom stereocenters. The van der Waals surface area contributed by atoms with E-state index in [1.165, 1.54) is 0 Å². The summed E-state index contributed by atoms with van der Waals surface area (Å²) in [6.07, 6.45) is 3.75. The number of nitrogens with zero attached hydrogens (tertiary/aromatic N) is 2. The number of methoxy groups -OCH3 is 1. The van der Waals surface area contributed by atoms with Gasteiger partial charge in [0, 0.05) is 23.6 Å². The molecule has 4 rings (SSSR count). The number of hydrogen-bond acceptors (Lipinski definition) is 3. The lowest BCUT2D eigenvalue weighted by molar-refractivity contribution is 0.102. The van der Waals surface area contributed by atoms with Gasteiger partial charge in [-0.3, -0.25) is 4.79 Å². The molecule has 0 radical (unpaired) electrons. The molecule has 2 heterocycles. The van der Waals surface area contributed by atoms with E-state index in [-0.39, 0.29) is 0 Å². The fourth-order valence-electron chi connectivity index (χ4n) is 2.92. The van der Waals surface area contributed by atoms with Gasteiger partial charge < -0.3 is 14.5 Å². The number of ether oxygens (including phenoxy) is 1. The maximum Gasteiger partial charge on any atom is 0.258 e. The zero-order chi connectivity index (χ0) is 20.5. The van der Waals surface area contributed by atoms with Crippen LogP contribution in [0.15, 0.2) is 60.9 Å². The van der Waals surface area contributed by atoms with Gasteiger partial charge in [-0.15, -0.1) is 0 Å². The molecule has 0 bridgehead atoms. The van der Waals surface area contributed by atoms with Gasteiger partial charge in [-0.25, -0.2) is 13.8 Å². The van der Waals surface area contributed by atoms with Crippen LogP contribution in [0.5, 0.6) is 5.75 Å². The molecule has 4 aromatic rings. The fraction of sp³-hybridized carbons (Fsp3) is 0.0476.